The predicted molar refractivity (Wildman–Crippen MR) is 43.4 cm³/mol. The number of aliphatic hydroxyl groups excluding tert-OH is 1. The highest BCUT2D eigenvalue weighted by molar-refractivity contribution is 14.1. The fraction of sp³-hybridized carbons (Fsp3) is 1.00. The first-order valence-corrected chi connectivity index (χ1v) is 4.24. The van der Waals surface area contributed by atoms with E-state index in [1.165, 1.54) is 0 Å². The van der Waals surface area contributed by atoms with Crippen molar-refractivity contribution in [3.63, 3.8) is 0 Å². The molecule has 0 aliphatic heterocycles. The molecule has 0 aromatic rings. The van der Waals surface area contributed by atoms with Gasteiger partial charge in [0.05, 0.1) is 6.61 Å². The molecule has 0 fully saturated rings. The first kappa shape index (κ1) is 8.65. The van der Waals surface area contributed by atoms with Crippen LogP contribution in [0.15, 0.2) is 0 Å². The summed E-state index contributed by atoms with van der Waals surface area (Å²) in [4.78, 5) is 0. The molecule has 50 valence electrons. The van der Waals surface area contributed by atoms with E-state index in [1.54, 1.807) is 0 Å². The maximum Gasteiger partial charge on any atom is 0.0581 e. The molecule has 1 atom stereocenters. The molecule has 0 rings (SSSR count). The van der Waals surface area contributed by atoms with E-state index in [4.69, 9.17) is 5.11 Å². The lowest BCUT2D eigenvalue weighted by molar-refractivity contribution is 0.254. The van der Waals surface area contributed by atoms with Crippen molar-refractivity contribution in [1.29, 1.82) is 0 Å². The lowest BCUT2D eigenvalue weighted by atomic mass is 10.4. The molecule has 8 heavy (non-hydrogen) atoms. The van der Waals surface area contributed by atoms with Crippen molar-refractivity contribution in [2.45, 2.75) is 13.0 Å². The Morgan fingerprint density at radius 2 is 2.38 bits per heavy atom. The van der Waals surface area contributed by atoms with Crippen LogP contribution in [0, 0.1) is 0 Å². The van der Waals surface area contributed by atoms with Gasteiger partial charge >= 0.3 is 0 Å². The van der Waals surface area contributed by atoms with E-state index < -0.39 is 0 Å². The molecule has 0 aromatic carbocycles. The van der Waals surface area contributed by atoms with Crippen LogP contribution in [0.1, 0.15) is 6.92 Å². The lowest BCUT2D eigenvalue weighted by Gasteiger charge is -2.07. The van der Waals surface area contributed by atoms with Crippen LogP contribution in [0.25, 0.3) is 0 Å². The van der Waals surface area contributed by atoms with Gasteiger partial charge in [0.15, 0.2) is 0 Å². The molecular formula is C5H12INO. The van der Waals surface area contributed by atoms with Crippen LogP contribution >= 0.6 is 22.6 Å². The van der Waals surface area contributed by atoms with Crippen molar-refractivity contribution in [3.8, 4) is 0 Å². The zero-order valence-corrected chi connectivity index (χ0v) is 7.18. The van der Waals surface area contributed by atoms with Crippen LogP contribution in [0.4, 0.5) is 0 Å². The van der Waals surface area contributed by atoms with E-state index in [-0.39, 0.29) is 12.6 Å². The summed E-state index contributed by atoms with van der Waals surface area (Å²) in [6, 6.07) is 0.254. The van der Waals surface area contributed by atoms with Crippen LogP contribution in [0.3, 0.4) is 0 Å². The van der Waals surface area contributed by atoms with Gasteiger partial charge in [-0.3, -0.25) is 0 Å². The number of rotatable bonds is 4. The van der Waals surface area contributed by atoms with Gasteiger partial charge in [0, 0.05) is 17.0 Å². The van der Waals surface area contributed by atoms with E-state index >= 15 is 0 Å². The van der Waals surface area contributed by atoms with Gasteiger partial charge in [-0.2, -0.15) is 0 Å². The second-order valence-corrected chi connectivity index (χ2v) is 2.81. The Kier molecular flexibility index (Phi) is 6.25. The third-order valence-electron chi connectivity index (χ3n) is 0.861. The topological polar surface area (TPSA) is 32.3 Å². The van der Waals surface area contributed by atoms with Crippen molar-refractivity contribution in [1.82, 2.24) is 5.32 Å². The number of alkyl halides is 1. The largest absolute Gasteiger partial charge is 0.395 e. The van der Waals surface area contributed by atoms with Crippen LogP contribution in [-0.4, -0.2) is 28.7 Å². The molecule has 1 unspecified atom stereocenters. The van der Waals surface area contributed by atoms with Gasteiger partial charge in [-0.1, -0.05) is 22.6 Å². The van der Waals surface area contributed by atoms with Crippen LogP contribution in [0.2, 0.25) is 0 Å². The summed E-state index contributed by atoms with van der Waals surface area (Å²) in [6.07, 6.45) is 0. The molecule has 0 spiro atoms. The monoisotopic (exact) mass is 229 g/mol. The van der Waals surface area contributed by atoms with Crippen LogP contribution in [-0.2, 0) is 0 Å². The van der Waals surface area contributed by atoms with Gasteiger partial charge in [0.1, 0.15) is 0 Å². The molecule has 0 heterocycles. The number of nitrogens with one attached hydrogen (secondary N) is 1. The summed E-state index contributed by atoms with van der Waals surface area (Å²) in [6.45, 7) is 3.19. The minimum Gasteiger partial charge on any atom is -0.395 e. The Morgan fingerprint density at radius 1 is 1.75 bits per heavy atom. The molecule has 0 saturated heterocycles. The molecule has 0 radical (unpaired) electrons. The molecule has 0 aliphatic rings. The molecule has 2 N–H and O–H groups in total. The maximum absolute atomic E-state index is 8.50. The number of hydrogen-bond acceptors (Lipinski definition) is 2. The Labute approximate surface area is 63.8 Å². The van der Waals surface area contributed by atoms with Gasteiger partial charge in [-0.05, 0) is 6.92 Å². The SMILES string of the molecule is CC(CO)NCCI. The second-order valence-electron chi connectivity index (χ2n) is 1.73. The van der Waals surface area contributed by atoms with Crippen molar-refractivity contribution in [3.05, 3.63) is 0 Å². The summed E-state index contributed by atoms with van der Waals surface area (Å²) < 4.78 is 1.10. The summed E-state index contributed by atoms with van der Waals surface area (Å²) >= 11 is 2.29. The minimum absolute atomic E-state index is 0.233. The Morgan fingerprint density at radius 3 is 2.75 bits per heavy atom. The zero-order chi connectivity index (χ0) is 6.41. The molecular weight excluding hydrogens is 217 g/mol. The van der Waals surface area contributed by atoms with E-state index in [9.17, 15) is 0 Å². The molecule has 3 heteroatoms. The molecule has 0 saturated carbocycles. The van der Waals surface area contributed by atoms with Crippen LogP contribution < -0.4 is 5.32 Å². The highest BCUT2D eigenvalue weighted by Gasteiger charge is 1.93. The summed E-state index contributed by atoms with van der Waals surface area (Å²) in [5, 5.41) is 11.6. The third-order valence-corrected chi connectivity index (χ3v) is 1.40. The second kappa shape index (κ2) is 5.78. The quantitative estimate of drug-likeness (QED) is 0.540. The molecule has 0 bridgehead atoms. The van der Waals surface area contributed by atoms with Gasteiger partial charge in [-0.25, -0.2) is 0 Å². The van der Waals surface area contributed by atoms with Gasteiger partial charge in [0.2, 0.25) is 0 Å². The number of aliphatic hydroxyl groups is 1. The predicted octanol–water partition coefficient (Wildman–Crippen LogP) is 0.392. The van der Waals surface area contributed by atoms with Crippen molar-refractivity contribution >= 4 is 22.6 Å². The highest BCUT2D eigenvalue weighted by atomic mass is 127. The molecule has 0 aromatic heterocycles. The third kappa shape index (κ3) is 4.80. The maximum atomic E-state index is 8.50. The van der Waals surface area contributed by atoms with Crippen molar-refractivity contribution in [2.24, 2.45) is 0 Å². The van der Waals surface area contributed by atoms with Gasteiger partial charge < -0.3 is 10.4 Å². The number of halogens is 1. The summed E-state index contributed by atoms with van der Waals surface area (Å²) in [5.41, 5.74) is 0. The van der Waals surface area contributed by atoms with Crippen LogP contribution in [0.5, 0.6) is 0 Å². The molecule has 0 aliphatic carbocycles. The average Bonchev–Trinajstić information content (AvgIpc) is 1.83. The Hall–Kier alpha value is 0.650. The van der Waals surface area contributed by atoms with E-state index in [2.05, 4.69) is 27.9 Å². The van der Waals surface area contributed by atoms with E-state index in [0.29, 0.717) is 0 Å². The Balaban J connectivity index is 2.86. The fourth-order valence-electron chi connectivity index (χ4n) is 0.366. The van der Waals surface area contributed by atoms with E-state index in [0.717, 1.165) is 11.0 Å². The standard InChI is InChI=1S/C5H12INO/c1-5(4-8)7-3-2-6/h5,7-8H,2-4H2,1H3. The molecule has 2 nitrogen and oxygen atoms in total. The van der Waals surface area contributed by atoms with Crippen molar-refractivity contribution < 1.29 is 5.11 Å². The van der Waals surface area contributed by atoms with Gasteiger partial charge in [-0.15, -0.1) is 0 Å². The summed E-state index contributed by atoms with van der Waals surface area (Å²) in [5.74, 6) is 0. The van der Waals surface area contributed by atoms with Crippen molar-refractivity contribution in [2.75, 3.05) is 17.6 Å². The van der Waals surface area contributed by atoms with Gasteiger partial charge in [0.25, 0.3) is 0 Å². The number of hydrogen-bond donors (Lipinski definition) is 2. The minimum atomic E-state index is 0.233. The van der Waals surface area contributed by atoms with E-state index in [1.807, 2.05) is 6.92 Å². The first-order chi connectivity index (χ1) is 3.81. The molecule has 0 amide bonds. The lowest BCUT2D eigenvalue weighted by Crippen LogP contribution is -2.30. The highest BCUT2D eigenvalue weighted by Crippen LogP contribution is 1.80. The summed E-state index contributed by atoms with van der Waals surface area (Å²) in [7, 11) is 0. The first-order valence-electron chi connectivity index (χ1n) is 2.71. The smallest absolute Gasteiger partial charge is 0.0581 e. The zero-order valence-electron chi connectivity index (χ0n) is 5.02. The Bertz CT molecular complexity index is 51.7. The average molecular weight is 229 g/mol. The fourth-order valence-corrected chi connectivity index (χ4v) is 0.677. The normalized spacial score (nSPS) is 13.9.